The summed E-state index contributed by atoms with van der Waals surface area (Å²) in [4.78, 5) is 19.7. The van der Waals surface area contributed by atoms with Crippen LogP contribution in [0, 0.1) is 6.92 Å². The molecule has 0 unspecified atom stereocenters. The highest BCUT2D eigenvalue weighted by Crippen LogP contribution is 2.29. The number of nitrogens with zero attached hydrogens (tertiary/aromatic N) is 3. The SMILES string of the molecule is Cc1ccccc1N=C1NC(=O)/C(=C/c2cccn2-c2ccc(N(C)C)cc2)S1. The van der Waals surface area contributed by atoms with Gasteiger partial charge in [0.2, 0.25) is 0 Å². The topological polar surface area (TPSA) is 49.6 Å². The van der Waals surface area contributed by atoms with Crippen molar-refractivity contribution >= 4 is 40.3 Å². The number of amidine groups is 1. The Morgan fingerprint density at radius 3 is 2.52 bits per heavy atom. The van der Waals surface area contributed by atoms with Crippen molar-refractivity contribution in [2.75, 3.05) is 19.0 Å². The van der Waals surface area contributed by atoms with E-state index in [4.69, 9.17) is 0 Å². The Hall–Kier alpha value is -3.25. The molecule has 0 spiro atoms. The van der Waals surface area contributed by atoms with Crippen LogP contribution in [0.5, 0.6) is 0 Å². The van der Waals surface area contributed by atoms with Crippen molar-refractivity contribution in [2.24, 2.45) is 4.99 Å². The van der Waals surface area contributed by atoms with Crippen molar-refractivity contribution in [1.29, 1.82) is 0 Å². The number of aromatic nitrogens is 1. The van der Waals surface area contributed by atoms with Crippen molar-refractivity contribution in [3.05, 3.63) is 83.0 Å². The number of thioether (sulfide) groups is 1. The van der Waals surface area contributed by atoms with Crippen LogP contribution in [0.3, 0.4) is 0 Å². The molecule has 1 N–H and O–H groups in total. The Morgan fingerprint density at radius 2 is 1.79 bits per heavy atom. The van der Waals surface area contributed by atoms with Crippen LogP contribution in [0.1, 0.15) is 11.3 Å². The zero-order chi connectivity index (χ0) is 20.4. The second kappa shape index (κ2) is 8.01. The van der Waals surface area contributed by atoms with Crippen LogP contribution in [0.4, 0.5) is 11.4 Å². The van der Waals surface area contributed by atoms with Gasteiger partial charge in [0.1, 0.15) is 0 Å². The fourth-order valence-electron chi connectivity index (χ4n) is 3.07. The van der Waals surface area contributed by atoms with E-state index in [1.807, 2.05) is 69.7 Å². The highest BCUT2D eigenvalue weighted by molar-refractivity contribution is 8.18. The van der Waals surface area contributed by atoms with E-state index < -0.39 is 0 Å². The molecule has 1 fully saturated rings. The van der Waals surface area contributed by atoms with Crippen LogP contribution < -0.4 is 10.2 Å². The summed E-state index contributed by atoms with van der Waals surface area (Å²) in [6.45, 7) is 2.01. The summed E-state index contributed by atoms with van der Waals surface area (Å²) in [5, 5.41) is 3.46. The Labute approximate surface area is 174 Å². The third-order valence-corrected chi connectivity index (χ3v) is 5.60. The Bertz CT molecular complexity index is 1110. The number of carbonyl (C=O) groups excluding carboxylic acids is 1. The van der Waals surface area contributed by atoms with E-state index in [-0.39, 0.29) is 5.91 Å². The summed E-state index contributed by atoms with van der Waals surface area (Å²) in [5.74, 6) is -0.127. The number of para-hydroxylation sites is 1. The number of nitrogens with one attached hydrogen (secondary N) is 1. The van der Waals surface area contributed by atoms with Gasteiger partial charge in [-0.2, -0.15) is 0 Å². The smallest absolute Gasteiger partial charge is 0.264 e. The number of benzene rings is 2. The summed E-state index contributed by atoms with van der Waals surface area (Å²) >= 11 is 1.36. The van der Waals surface area contributed by atoms with Gasteiger partial charge in [0.25, 0.3) is 5.91 Å². The van der Waals surface area contributed by atoms with Crippen LogP contribution in [0.15, 0.2) is 76.8 Å². The molecule has 4 rings (SSSR count). The molecule has 2 heterocycles. The summed E-state index contributed by atoms with van der Waals surface area (Å²) in [5.41, 5.74) is 5.06. The van der Waals surface area contributed by atoms with Crippen molar-refractivity contribution in [3.63, 3.8) is 0 Å². The third kappa shape index (κ3) is 4.12. The molecule has 0 radical (unpaired) electrons. The van der Waals surface area contributed by atoms with Gasteiger partial charge in [-0.05, 0) is 72.8 Å². The molecule has 0 atom stereocenters. The standard InChI is InChI=1S/C23H22N4OS/c1-16-7-4-5-9-20(16)24-23-25-22(28)21(29-23)15-19-8-6-14-27(19)18-12-10-17(11-13-18)26(2)3/h4-15H,1-3H3,(H,24,25,28)/b21-15-. The van der Waals surface area contributed by atoms with Gasteiger partial charge in [-0.1, -0.05) is 18.2 Å². The van der Waals surface area contributed by atoms with E-state index in [0.717, 1.165) is 28.3 Å². The number of aryl methyl sites for hydroxylation is 1. The van der Waals surface area contributed by atoms with Gasteiger partial charge in [0.15, 0.2) is 5.17 Å². The molecule has 1 aromatic heterocycles. The number of hydrogen-bond acceptors (Lipinski definition) is 4. The van der Waals surface area contributed by atoms with Gasteiger partial charge in [0, 0.05) is 37.4 Å². The highest BCUT2D eigenvalue weighted by atomic mass is 32.2. The number of carbonyl (C=O) groups is 1. The first-order valence-electron chi connectivity index (χ1n) is 9.31. The number of hydrogen-bond donors (Lipinski definition) is 1. The van der Waals surface area contributed by atoms with Crippen LogP contribution >= 0.6 is 11.8 Å². The molecular weight excluding hydrogens is 380 g/mol. The molecular formula is C23H22N4OS. The van der Waals surface area contributed by atoms with Crippen LogP contribution in [-0.4, -0.2) is 29.7 Å². The molecule has 5 nitrogen and oxygen atoms in total. The first-order chi connectivity index (χ1) is 14.0. The predicted octanol–water partition coefficient (Wildman–Crippen LogP) is 4.74. The molecule has 1 saturated heterocycles. The van der Waals surface area contributed by atoms with Gasteiger partial charge in [-0.3, -0.25) is 4.79 Å². The number of rotatable bonds is 4. The van der Waals surface area contributed by atoms with Crippen molar-refractivity contribution in [3.8, 4) is 5.69 Å². The van der Waals surface area contributed by atoms with E-state index in [2.05, 4.69) is 44.0 Å². The lowest BCUT2D eigenvalue weighted by Gasteiger charge is -2.13. The van der Waals surface area contributed by atoms with E-state index in [0.29, 0.717) is 10.1 Å². The van der Waals surface area contributed by atoms with Gasteiger partial charge >= 0.3 is 0 Å². The largest absolute Gasteiger partial charge is 0.378 e. The molecule has 6 heteroatoms. The highest BCUT2D eigenvalue weighted by Gasteiger charge is 2.24. The minimum absolute atomic E-state index is 0.127. The van der Waals surface area contributed by atoms with E-state index in [1.54, 1.807) is 0 Å². The van der Waals surface area contributed by atoms with Crippen molar-refractivity contribution < 1.29 is 4.79 Å². The Kier molecular flexibility index (Phi) is 5.27. The van der Waals surface area contributed by atoms with Crippen LogP contribution in [0.2, 0.25) is 0 Å². The molecule has 0 bridgehead atoms. The zero-order valence-corrected chi connectivity index (χ0v) is 17.4. The van der Waals surface area contributed by atoms with E-state index in [1.165, 1.54) is 11.8 Å². The predicted molar refractivity (Wildman–Crippen MR) is 122 cm³/mol. The quantitative estimate of drug-likeness (QED) is 0.641. The molecule has 29 heavy (non-hydrogen) atoms. The van der Waals surface area contributed by atoms with Crippen molar-refractivity contribution in [2.45, 2.75) is 6.92 Å². The van der Waals surface area contributed by atoms with E-state index >= 15 is 0 Å². The summed E-state index contributed by atoms with van der Waals surface area (Å²) < 4.78 is 2.07. The van der Waals surface area contributed by atoms with Crippen LogP contribution in [-0.2, 0) is 4.79 Å². The molecule has 1 amide bonds. The van der Waals surface area contributed by atoms with Gasteiger partial charge in [0.05, 0.1) is 10.6 Å². The number of aliphatic imine (C=N–C) groups is 1. The molecule has 1 aliphatic heterocycles. The molecule has 1 aliphatic rings. The van der Waals surface area contributed by atoms with Gasteiger partial charge in [-0.25, -0.2) is 4.99 Å². The molecule has 146 valence electrons. The maximum atomic E-state index is 12.5. The second-order valence-electron chi connectivity index (χ2n) is 6.98. The molecule has 2 aromatic carbocycles. The number of anilines is 1. The first kappa shape index (κ1) is 19.1. The minimum Gasteiger partial charge on any atom is -0.378 e. The Balaban J connectivity index is 1.60. The lowest BCUT2D eigenvalue weighted by Crippen LogP contribution is -2.19. The first-order valence-corrected chi connectivity index (χ1v) is 10.1. The summed E-state index contributed by atoms with van der Waals surface area (Å²) in [7, 11) is 4.04. The normalized spacial score (nSPS) is 16.4. The fraction of sp³-hybridized carbons (Fsp3) is 0.130. The average molecular weight is 403 g/mol. The maximum absolute atomic E-state index is 12.5. The summed E-state index contributed by atoms with van der Waals surface area (Å²) in [6, 6.07) is 20.2. The number of amides is 1. The van der Waals surface area contributed by atoms with Crippen LogP contribution in [0.25, 0.3) is 11.8 Å². The lowest BCUT2D eigenvalue weighted by atomic mass is 10.2. The van der Waals surface area contributed by atoms with Gasteiger partial charge < -0.3 is 14.8 Å². The third-order valence-electron chi connectivity index (χ3n) is 4.69. The lowest BCUT2D eigenvalue weighted by molar-refractivity contribution is -0.115. The van der Waals surface area contributed by atoms with E-state index in [9.17, 15) is 4.79 Å². The average Bonchev–Trinajstić information content (AvgIpc) is 3.30. The van der Waals surface area contributed by atoms with Crippen molar-refractivity contribution in [1.82, 2.24) is 9.88 Å². The minimum atomic E-state index is -0.127. The molecule has 0 aliphatic carbocycles. The zero-order valence-electron chi connectivity index (χ0n) is 16.6. The Morgan fingerprint density at radius 1 is 1.03 bits per heavy atom. The molecule has 0 saturated carbocycles. The monoisotopic (exact) mass is 402 g/mol. The second-order valence-corrected chi connectivity index (χ2v) is 8.01. The summed E-state index contributed by atoms with van der Waals surface area (Å²) in [6.07, 6.45) is 3.90. The maximum Gasteiger partial charge on any atom is 0.264 e. The fourth-order valence-corrected chi connectivity index (χ4v) is 3.89. The van der Waals surface area contributed by atoms with Gasteiger partial charge in [-0.15, -0.1) is 0 Å². The molecule has 3 aromatic rings.